The van der Waals surface area contributed by atoms with E-state index in [1.54, 1.807) is 0 Å². The first-order chi connectivity index (χ1) is 17.6. The van der Waals surface area contributed by atoms with Crippen molar-refractivity contribution in [3.63, 3.8) is 0 Å². The number of ketones is 1. The summed E-state index contributed by atoms with van der Waals surface area (Å²) in [5.41, 5.74) is 4.45. The lowest BCUT2D eigenvalue weighted by molar-refractivity contribution is 0.0961. The van der Waals surface area contributed by atoms with Crippen LogP contribution in [0.2, 0.25) is 0 Å². The highest BCUT2D eigenvalue weighted by Gasteiger charge is 2.21. The lowest BCUT2D eigenvalue weighted by Gasteiger charge is -2.32. The molecule has 1 saturated heterocycles. The quantitative estimate of drug-likeness (QED) is 0.294. The van der Waals surface area contributed by atoms with E-state index >= 15 is 0 Å². The minimum atomic E-state index is -0.0955. The fourth-order valence-corrected chi connectivity index (χ4v) is 5.02. The van der Waals surface area contributed by atoms with Crippen molar-refractivity contribution in [3.05, 3.63) is 101 Å². The molecule has 0 bridgehead atoms. The van der Waals surface area contributed by atoms with E-state index in [1.807, 2.05) is 37.4 Å². The highest BCUT2D eigenvalue weighted by Crippen LogP contribution is 2.27. The van der Waals surface area contributed by atoms with Gasteiger partial charge in [0, 0.05) is 24.9 Å². The molecule has 190 valence electrons. The number of carbonyl (C=O) groups excluding carboxylic acids is 1. The van der Waals surface area contributed by atoms with Crippen molar-refractivity contribution >= 4 is 5.78 Å². The number of piperidine rings is 1. The maximum atomic E-state index is 13.1. The van der Waals surface area contributed by atoms with E-state index in [9.17, 15) is 4.79 Å². The number of hydrogen-bond acceptors (Lipinski definition) is 4. The first-order valence-corrected chi connectivity index (χ1v) is 13.4. The zero-order valence-electron chi connectivity index (χ0n) is 21.8. The molecule has 0 saturated carbocycles. The Kier molecular flexibility index (Phi) is 9.71. The normalized spacial score (nSPS) is 15.5. The summed E-state index contributed by atoms with van der Waals surface area (Å²) in [4.78, 5) is 15.7. The average molecular weight is 485 g/mol. The van der Waals surface area contributed by atoms with Crippen molar-refractivity contribution in [1.29, 1.82) is 0 Å². The van der Waals surface area contributed by atoms with Crippen LogP contribution in [0.15, 0.2) is 78.9 Å². The van der Waals surface area contributed by atoms with Crippen molar-refractivity contribution in [2.45, 2.75) is 51.7 Å². The molecule has 4 nitrogen and oxygen atoms in total. The minimum absolute atomic E-state index is 0.0955. The van der Waals surface area contributed by atoms with Crippen LogP contribution in [0.3, 0.4) is 0 Å². The van der Waals surface area contributed by atoms with Gasteiger partial charge in [-0.3, -0.25) is 9.69 Å². The Bertz CT molecular complexity index is 1070. The third-order valence-corrected chi connectivity index (χ3v) is 7.27. The Morgan fingerprint density at radius 3 is 2.47 bits per heavy atom. The molecule has 3 aromatic rings. The van der Waals surface area contributed by atoms with Gasteiger partial charge in [0.2, 0.25) is 0 Å². The molecule has 1 atom stereocenters. The van der Waals surface area contributed by atoms with E-state index in [-0.39, 0.29) is 11.9 Å². The van der Waals surface area contributed by atoms with Crippen LogP contribution in [0.4, 0.5) is 0 Å². The number of hydrogen-bond donors (Lipinski definition) is 1. The Labute approximate surface area is 216 Å². The molecule has 4 heteroatoms. The molecule has 0 spiro atoms. The zero-order valence-corrected chi connectivity index (χ0v) is 21.8. The molecule has 1 fully saturated rings. The van der Waals surface area contributed by atoms with Crippen LogP contribution in [0.1, 0.15) is 65.3 Å². The summed E-state index contributed by atoms with van der Waals surface area (Å²) in [6.07, 6.45) is 4.69. The van der Waals surface area contributed by atoms with Gasteiger partial charge in [-0.05, 0) is 88.1 Å². The number of nitrogens with zero attached hydrogens (tertiary/aromatic N) is 1. The molecule has 1 aliphatic rings. The molecule has 3 aromatic carbocycles. The van der Waals surface area contributed by atoms with Gasteiger partial charge in [0.25, 0.3) is 0 Å². The lowest BCUT2D eigenvalue weighted by Crippen LogP contribution is -2.33. The van der Waals surface area contributed by atoms with Gasteiger partial charge in [-0.2, -0.15) is 0 Å². The second-order valence-electron chi connectivity index (χ2n) is 10.1. The third kappa shape index (κ3) is 7.78. The van der Waals surface area contributed by atoms with Gasteiger partial charge in [-0.15, -0.1) is 0 Å². The number of likely N-dealkylation sites (tertiary alicyclic amines) is 1. The van der Waals surface area contributed by atoms with Crippen molar-refractivity contribution in [2.75, 3.05) is 26.7 Å². The van der Waals surface area contributed by atoms with Crippen molar-refractivity contribution in [1.82, 2.24) is 10.2 Å². The van der Waals surface area contributed by atoms with E-state index in [4.69, 9.17) is 4.74 Å². The van der Waals surface area contributed by atoms with Gasteiger partial charge in [0.05, 0.1) is 0 Å². The molecular weight excluding hydrogens is 444 g/mol. The molecule has 1 heterocycles. The van der Waals surface area contributed by atoms with Crippen LogP contribution in [-0.2, 0) is 6.54 Å². The first-order valence-electron chi connectivity index (χ1n) is 13.4. The molecule has 1 N–H and O–H groups in total. The Balaban J connectivity index is 1.30. The summed E-state index contributed by atoms with van der Waals surface area (Å²) < 4.78 is 6.34. The van der Waals surface area contributed by atoms with E-state index < -0.39 is 0 Å². The van der Waals surface area contributed by atoms with Gasteiger partial charge >= 0.3 is 0 Å². The number of aryl methyl sites for hydroxylation is 1. The molecule has 0 amide bonds. The molecule has 36 heavy (non-hydrogen) atoms. The van der Waals surface area contributed by atoms with Crippen LogP contribution in [0.5, 0.6) is 5.75 Å². The van der Waals surface area contributed by atoms with Crippen LogP contribution in [0.25, 0.3) is 0 Å². The summed E-state index contributed by atoms with van der Waals surface area (Å²) in [5, 5.41) is 3.22. The molecule has 1 unspecified atom stereocenters. The molecule has 1 aliphatic heterocycles. The van der Waals surface area contributed by atoms with Crippen LogP contribution in [-0.4, -0.2) is 37.4 Å². The van der Waals surface area contributed by atoms with E-state index in [0.717, 1.165) is 55.9 Å². The molecule has 4 rings (SSSR count). The standard InChI is InChI=1S/C32H40N2O2/c1-25-11-14-30(15-12-25)36-32(17-20-33-2)29-10-6-9-28(23-29)31(35)16-13-26-18-21-34(22-19-26)24-27-7-4-3-5-8-27/h3-12,14-15,23,26,32-33H,13,16-22,24H2,1-2H3. The van der Waals surface area contributed by atoms with Crippen LogP contribution >= 0.6 is 0 Å². The first kappa shape index (κ1) is 26.1. The highest BCUT2D eigenvalue weighted by atomic mass is 16.5. The van der Waals surface area contributed by atoms with E-state index in [0.29, 0.717) is 12.3 Å². The second kappa shape index (κ2) is 13.4. The minimum Gasteiger partial charge on any atom is -0.486 e. The van der Waals surface area contributed by atoms with Crippen LogP contribution in [0, 0.1) is 12.8 Å². The van der Waals surface area contributed by atoms with Crippen molar-refractivity contribution in [2.24, 2.45) is 5.92 Å². The maximum absolute atomic E-state index is 13.1. The summed E-state index contributed by atoms with van der Waals surface area (Å²) in [5.74, 6) is 1.74. The number of benzene rings is 3. The SMILES string of the molecule is CNCCC(Oc1ccc(C)cc1)c1cccc(C(=O)CCC2CCN(Cc3ccccc3)CC2)c1. The molecule has 0 aromatic heterocycles. The van der Waals surface area contributed by atoms with Crippen molar-refractivity contribution < 1.29 is 9.53 Å². The number of carbonyl (C=O) groups is 1. The average Bonchev–Trinajstić information content (AvgIpc) is 2.92. The van der Waals surface area contributed by atoms with E-state index in [1.165, 1.54) is 24.0 Å². The Morgan fingerprint density at radius 1 is 1.00 bits per heavy atom. The monoisotopic (exact) mass is 484 g/mol. The van der Waals surface area contributed by atoms with Crippen LogP contribution < -0.4 is 10.1 Å². The molecule has 0 radical (unpaired) electrons. The Hall–Kier alpha value is -2.95. The van der Waals surface area contributed by atoms with Gasteiger partial charge < -0.3 is 10.1 Å². The van der Waals surface area contributed by atoms with Gasteiger partial charge in [-0.25, -0.2) is 0 Å². The summed E-state index contributed by atoms with van der Waals surface area (Å²) in [6.45, 7) is 6.18. The van der Waals surface area contributed by atoms with Gasteiger partial charge in [0.1, 0.15) is 11.9 Å². The van der Waals surface area contributed by atoms with E-state index in [2.05, 4.69) is 65.7 Å². The smallest absolute Gasteiger partial charge is 0.162 e. The second-order valence-corrected chi connectivity index (χ2v) is 10.1. The van der Waals surface area contributed by atoms with Gasteiger partial charge in [-0.1, -0.05) is 66.2 Å². The molecular formula is C32H40N2O2. The predicted molar refractivity (Wildman–Crippen MR) is 148 cm³/mol. The van der Waals surface area contributed by atoms with Crippen molar-refractivity contribution in [3.8, 4) is 5.75 Å². The topological polar surface area (TPSA) is 41.6 Å². The third-order valence-electron chi connectivity index (χ3n) is 7.27. The number of ether oxygens (including phenoxy) is 1. The maximum Gasteiger partial charge on any atom is 0.162 e. The number of nitrogens with one attached hydrogen (secondary N) is 1. The highest BCUT2D eigenvalue weighted by molar-refractivity contribution is 5.96. The summed E-state index contributed by atoms with van der Waals surface area (Å²) >= 11 is 0. The fourth-order valence-electron chi connectivity index (χ4n) is 5.02. The zero-order chi connectivity index (χ0) is 25.2. The molecule has 0 aliphatic carbocycles. The summed E-state index contributed by atoms with van der Waals surface area (Å²) in [7, 11) is 1.95. The van der Waals surface area contributed by atoms with Gasteiger partial charge in [0.15, 0.2) is 5.78 Å². The number of rotatable bonds is 12. The number of Topliss-reactive ketones (excluding diaryl/α,β-unsaturated/α-hetero) is 1. The Morgan fingerprint density at radius 2 is 1.75 bits per heavy atom. The lowest BCUT2D eigenvalue weighted by atomic mass is 9.90. The largest absolute Gasteiger partial charge is 0.486 e. The summed E-state index contributed by atoms with van der Waals surface area (Å²) in [6, 6.07) is 26.9. The predicted octanol–water partition coefficient (Wildman–Crippen LogP) is 6.60. The fraction of sp³-hybridized carbons (Fsp3) is 0.406.